The average Bonchev–Trinajstić information content (AvgIpc) is 3.11. The van der Waals surface area contributed by atoms with Crippen LogP contribution in [0.5, 0.6) is 5.75 Å². The van der Waals surface area contributed by atoms with Gasteiger partial charge in [0.05, 0.1) is 30.7 Å². The minimum Gasteiger partial charge on any atom is -0.488 e. The summed E-state index contributed by atoms with van der Waals surface area (Å²) in [5.41, 5.74) is 3.17. The molecule has 0 atom stereocenters. The number of ether oxygens (including phenoxy) is 1. The van der Waals surface area contributed by atoms with Crippen molar-refractivity contribution < 1.29 is 14.6 Å². The second-order valence-corrected chi connectivity index (χ2v) is 6.19. The van der Waals surface area contributed by atoms with E-state index in [1.54, 1.807) is 29.4 Å². The molecule has 140 valence electrons. The molecule has 2 aromatic carbocycles. The van der Waals surface area contributed by atoms with Gasteiger partial charge in [-0.1, -0.05) is 42.5 Å². The quantitative estimate of drug-likeness (QED) is 0.643. The van der Waals surface area contributed by atoms with Crippen molar-refractivity contribution in [3.05, 3.63) is 83.4 Å². The summed E-state index contributed by atoms with van der Waals surface area (Å²) in [6.45, 7) is 2.70. The van der Waals surface area contributed by atoms with Crippen LogP contribution >= 0.6 is 0 Å². The lowest BCUT2D eigenvalue weighted by Crippen LogP contribution is -2.33. The molecule has 0 aliphatic carbocycles. The number of aromatic nitrogens is 2. The second-order valence-electron chi connectivity index (χ2n) is 6.19. The number of aryl methyl sites for hydroxylation is 1. The number of benzene rings is 2. The van der Waals surface area contributed by atoms with Crippen molar-refractivity contribution in [2.45, 2.75) is 20.1 Å². The van der Waals surface area contributed by atoms with E-state index in [-0.39, 0.29) is 19.1 Å². The maximum absolute atomic E-state index is 13.1. The zero-order valence-corrected chi connectivity index (χ0v) is 15.3. The van der Waals surface area contributed by atoms with Crippen molar-refractivity contribution in [2.75, 3.05) is 13.2 Å². The van der Waals surface area contributed by atoms with E-state index in [0.717, 1.165) is 17.0 Å². The Morgan fingerprint density at radius 3 is 2.59 bits per heavy atom. The first kappa shape index (κ1) is 18.7. The molecule has 0 spiro atoms. The van der Waals surface area contributed by atoms with Gasteiger partial charge in [-0.05, 0) is 24.6 Å². The fraction of sp³-hybridized carbons (Fsp3) is 0.238. The molecule has 1 amide bonds. The molecule has 1 aromatic heterocycles. The van der Waals surface area contributed by atoms with Gasteiger partial charge in [0, 0.05) is 12.2 Å². The van der Waals surface area contributed by atoms with E-state index in [4.69, 9.17) is 4.74 Å². The van der Waals surface area contributed by atoms with Gasteiger partial charge in [0.1, 0.15) is 12.4 Å². The number of carbonyl (C=O) groups excluding carboxylic acids is 1. The summed E-state index contributed by atoms with van der Waals surface area (Å²) in [4.78, 5) is 21.9. The lowest BCUT2D eigenvalue weighted by molar-refractivity contribution is 0.0700. The molecular formula is C21H23N3O3. The first-order valence-electron chi connectivity index (χ1n) is 8.83. The van der Waals surface area contributed by atoms with Crippen LogP contribution < -0.4 is 4.74 Å². The molecular weight excluding hydrogens is 342 g/mol. The molecule has 3 rings (SSSR count). The highest BCUT2D eigenvalue weighted by atomic mass is 16.5. The smallest absolute Gasteiger partial charge is 0.258 e. The average molecular weight is 365 g/mol. The van der Waals surface area contributed by atoms with Crippen molar-refractivity contribution in [3.63, 3.8) is 0 Å². The molecule has 0 aliphatic heterocycles. The number of nitrogens with one attached hydrogen (secondary N) is 1. The molecule has 6 nitrogen and oxygen atoms in total. The van der Waals surface area contributed by atoms with Gasteiger partial charge < -0.3 is 19.7 Å². The number of hydrogen-bond acceptors (Lipinski definition) is 4. The van der Waals surface area contributed by atoms with Crippen LogP contribution in [0.3, 0.4) is 0 Å². The highest BCUT2D eigenvalue weighted by Gasteiger charge is 2.21. The Balaban J connectivity index is 1.78. The SMILES string of the molecule is Cc1[nH]cnc1CN(CCO)C(=O)c1ccccc1OCc1ccccc1. The number of aliphatic hydroxyl groups is 1. The number of para-hydroxylation sites is 1. The Kier molecular flexibility index (Phi) is 6.22. The molecule has 0 radical (unpaired) electrons. The van der Waals surface area contributed by atoms with Crippen LogP contribution in [0.1, 0.15) is 27.3 Å². The van der Waals surface area contributed by atoms with E-state index < -0.39 is 0 Å². The summed E-state index contributed by atoms with van der Waals surface area (Å²) < 4.78 is 5.90. The first-order chi connectivity index (χ1) is 13.2. The van der Waals surface area contributed by atoms with Crippen molar-refractivity contribution in [2.24, 2.45) is 0 Å². The van der Waals surface area contributed by atoms with Crippen molar-refractivity contribution in [1.29, 1.82) is 0 Å². The van der Waals surface area contributed by atoms with E-state index in [0.29, 0.717) is 24.5 Å². The predicted octanol–water partition coefficient (Wildman–Crippen LogP) is 2.93. The number of aromatic amines is 1. The van der Waals surface area contributed by atoms with E-state index in [1.807, 2.05) is 43.3 Å². The number of nitrogens with zero attached hydrogens (tertiary/aromatic N) is 2. The van der Waals surface area contributed by atoms with Crippen molar-refractivity contribution in [3.8, 4) is 5.75 Å². The van der Waals surface area contributed by atoms with Crippen molar-refractivity contribution >= 4 is 5.91 Å². The van der Waals surface area contributed by atoms with Gasteiger partial charge in [0.25, 0.3) is 5.91 Å². The lowest BCUT2D eigenvalue weighted by Gasteiger charge is -2.22. The third-order valence-electron chi connectivity index (χ3n) is 4.29. The number of hydrogen-bond donors (Lipinski definition) is 2. The third kappa shape index (κ3) is 4.74. The van der Waals surface area contributed by atoms with E-state index >= 15 is 0 Å². The molecule has 0 saturated heterocycles. The molecule has 27 heavy (non-hydrogen) atoms. The van der Waals surface area contributed by atoms with E-state index in [9.17, 15) is 9.90 Å². The van der Waals surface area contributed by atoms with Gasteiger partial charge in [-0.2, -0.15) is 0 Å². The molecule has 3 aromatic rings. The molecule has 0 saturated carbocycles. The summed E-state index contributed by atoms with van der Waals surface area (Å²) in [7, 11) is 0. The maximum atomic E-state index is 13.1. The van der Waals surface area contributed by atoms with Crippen LogP contribution in [0, 0.1) is 6.92 Å². The fourth-order valence-electron chi connectivity index (χ4n) is 2.78. The summed E-state index contributed by atoms with van der Waals surface area (Å²) >= 11 is 0. The molecule has 0 aliphatic rings. The Morgan fingerprint density at radius 1 is 1.15 bits per heavy atom. The topological polar surface area (TPSA) is 78.5 Å². The van der Waals surface area contributed by atoms with Gasteiger partial charge in [-0.15, -0.1) is 0 Å². The summed E-state index contributed by atoms with van der Waals surface area (Å²) in [6.07, 6.45) is 1.60. The minimum atomic E-state index is -0.199. The number of H-pyrrole nitrogens is 1. The normalized spacial score (nSPS) is 10.6. The highest BCUT2D eigenvalue weighted by Crippen LogP contribution is 2.22. The van der Waals surface area contributed by atoms with Crippen LogP contribution in [0.15, 0.2) is 60.9 Å². The second kappa shape index (κ2) is 9.00. The van der Waals surface area contributed by atoms with Crippen LogP contribution in [0.25, 0.3) is 0 Å². The number of aliphatic hydroxyl groups excluding tert-OH is 1. The third-order valence-corrected chi connectivity index (χ3v) is 4.29. The van der Waals surface area contributed by atoms with Crippen molar-refractivity contribution in [1.82, 2.24) is 14.9 Å². The monoisotopic (exact) mass is 365 g/mol. The summed E-state index contributed by atoms with van der Waals surface area (Å²) in [6, 6.07) is 17.0. The van der Waals surface area contributed by atoms with Gasteiger partial charge in [0.2, 0.25) is 0 Å². The number of rotatable bonds is 8. The van der Waals surface area contributed by atoms with E-state index in [2.05, 4.69) is 9.97 Å². The summed E-state index contributed by atoms with van der Waals surface area (Å²) in [5, 5.41) is 9.40. The number of imidazole rings is 1. The molecule has 0 bridgehead atoms. The number of carbonyl (C=O) groups is 1. The summed E-state index contributed by atoms with van der Waals surface area (Å²) in [5.74, 6) is 0.322. The largest absolute Gasteiger partial charge is 0.488 e. The molecule has 6 heteroatoms. The molecule has 2 N–H and O–H groups in total. The zero-order chi connectivity index (χ0) is 19.1. The fourth-order valence-corrected chi connectivity index (χ4v) is 2.78. The van der Waals surface area contributed by atoms with Gasteiger partial charge >= 0.3 is 0 Å². The predicted molar refractivity (Wildman–Crippen MR) is 102 cm³/mol. The zero-order valence-electron chi connectivity index (χ0n) is 15.3. The van der Waals surface area contributed by atoms with Gasteiger partial charge in [0.15, 0.2) is 0 Å². The van der Waals surface area contributed by atoms with Crippen LogP contribution in [0.4, 0.5) is 0 Å². The van der Waals surface area contributed by atoms with Crippen LogP contribution in [0.2, 0.25) is 0 Å². The first-order valence-corrected chi connectivity index (χ1v) is 8.83. The Hall–Kier alpha value is -3.12. The van der Waals surface area contributed by atoms with Gasteiger partial charge in [-0.3, -0.25) is 4.79 Å². The Morgan fingerprint density at radius 2 is 1.89 bits per heavy atom. The Labute approximate surface area is 158 Å². The van der Waals surface area contributed by atoms with E-state index in [1.165, 1.54) is 0 Å². The standard InChI is InChI=1S/C21H23N3O3/c1-16-19(23-15-22-16)13-24(11-12-25)21(26)18-9-5-6-10-20(18)27-14-17-7-3-2-4-8-17/h2-10,15,25H,11-14H2,1H3,(H,22,23). The number of amides is 1. The van der Waals surface area contributed by atoms with Crippen LogP contribution in [-0.2, 0) is 13.2 Å². The van der Waals surface area contributed by atoms with Crippen LogP contribution in [-0.4, -0.2) is 39.0 Å². The Bertz CT molecular complexity index is 877. The minimum absolute atomic E-state index is 0.123. The van der Waals surface area contributed by atoms with Gasteiger partial charge in [-0.25, -0.2) is 4.98 Å². The highest BCUT2D eigenvalue weighted by molar-refractivity contribution is 5.96. The molecule has 1 heterocycles. The maximum Gasteiger partial charge on any atom is 0.258 e. The molecule has 0 fully saturated rings. The lowest BCUT2D eigenvalue weighted by atomic mass is 10.1. The molecule has 0 unspecified atom stereocenters.